The normalized spacial score (nSPS) is 11.1. The van der Waals surface area contributed by atoms with Gasteiger partial charge in [-0.1, -0.05) is 36.7 Å². The summed E-state index contributed by atoms with van der Waals surface area (Å²) in [5, 5.41) is 1.56. The van der Waals surface area contributed by atoms with E-state index in [4.69, 9.17) is 16.3 Å². The maximum absolute atomic E-state index is 13.0. The second kappa shape index (κ2) is 9.53. The van der Waals surface area contributed by atoms with E-state index in [-0.39, 0.29) is 5.78 Å². The van der Waals surface area contributed by atoms with Gasteiger partial charge in [0.2, 0.25) is 0 Å². The van der Waals surface area contributed by atoms with Crippen molar-refractivity contribution in [1.29, 1.82) is 0 Å². The third-order valence-electron chi connectivity index (χ3n) is 4.85. The molecule has 0 amide bonds. The smallest absolute Gasteiger partial charge is 0.188 e. The molecular weight excluding hydrogens is 404 g/mol. The molecule has 3 aromatic rings. The van der Waals surface area contributed by atoms with Gasteiger partial charge in [-0.3, -0.25) is 9.69 Å². The van der Waals surface area contributed by atoms with Gasteiger partial charge in [-0.25, -0.2) is 4.98 Å². The van der Waals surface area contributed by atoms with E-state index in [1.54, 1.807) is 7.11 Å². The van der Waals surface area contributed by atoms with Crippen LogP contribution in [0.3, 0.4) is 0 Å². The minimum absolute atomic E-state index is 0.105. The molecule has 0 unspecified atom stereocenters. The van der Waals surface area contributed by atoms with Gasteiger partial charge in [0.05, 0.1) is 24.2 Å². The van der Waals surface area contributed by atoms with Crippen LogP contribution in [0.1, 0.15) is 33.4 Å². The Kier molecular flexibility index (Phi) is 7.06. The van der Waals surface area contributed by atoms with Crippen molar-refractivity contribution in [3.8, 4) is 16.3 Å². The quantitative estimate of drug-likeness (QED) is 0.425. The summed E-state index contributed by atoms with van der Waals surface area (Å²) in [7, 11) is 1.66. The number of hydrogen-bond donors (Lipinski definition) is 0. The summed E-state index contributed by atoms with van der Waals surface area (Å²) < 4.78 is 5.21. The molecule has 0 aliphatic rings. The number of halogens is 1. The van der Waals surface area contributed by atoms with Crippen LogP contribution in [-0.2, 0) is 6.54 Å². The number of rotatable bonds is 8. The number of nitrogens with zero attached hydrogens (tertiary/aromatic N) is 2. The standard InChI is InChI=1S/C23H25ClN2O2S/c1-5-26(13-17-6-9-19(28-4)10-7-17)14-21(27)22-16(3)25-23(29-22)20-11-8-18(24)12-15(20)2/h6-12H,5,13-14H2,1-4H3. The van der Waals surface area contributed by atoms with Crippen LogP contribution in [0.5, 0.6) is 5.75 Å². The fourth-order valence-electron chi connectivity index (χ4n) is 3.18. The number of benzene rings is 2. The zero-order valence-electron chi connectivity index (χ0n) is 17.2. The number of methoxy groups -OCH3 is 1. The first-order valence-electron chi connectivity index (χ1n) is 9.53. The minimum atomic E-state index is 0.105. The van der Waals surface area contributed by atoms with E-state index in [0.717, 1.165) is 44.6 Å². The topological polar surface area (TPSA) is 42.4 Å². The number of ether oxygens (including phenoxy) is 1. The van der Waals surface area contributed by atoms with E-state index in [1.807, 2.05) is 56.3 Å². The van der Waals surface area contributed by atoms with Gasteiger partial charge >= 0.3 is 0 Å². The summed E-state index contributed by atoms with van der Waals surface area (Å²) in [6.45, 7) is 7.85. The number of aromatic nitrogens is 1. The SMILES string of the molecule is CCN(CC(=O)c1sc(-c2ccc(Cl)cc2C)nc1C)Cc1ccc(OC)cc1. The van der Waals surface area contributed by atoms with Crippen molar-refractivity contribution in [3.05, 3.63) is 69.2 Å². The van der Waals surface area contributed by atoms with Crippen LogP contribution in [0.15, 0.2) is 42.5 Å². The average Bonchev–Trinajstić information content (AvgIpc) is 3.09. The molecule has 1 aromatic heterocycles. The van der Waals surface area contributed by atoms with Gasteiger partial charge in [0.15, 0.2) is 5.78 Å². The summed E-state index contributed by atoms with van der Waals surface area (Å²) in [4.78, 5) is 20.5. The van der Waals surface area contributed by atoms with Gasteiger partial charge < -0.3 is 4.74 Å². The predicted molar refractivity (Wildman–Crippen MR) is 120 cm³/mol. The molecule has 6 heteroatoms. The molecule has 0 bridgehead atoms. The van der Waals surface area contributed by atoms with E-state index in [2.05, 4.69) is 16.8 Å². The summed E-state index contributed by atoms with van der Waals surface area (Å²) in [5.41, 5.74) is 4.01. The minimum Gasteiger partial charge on any atom is -0.497 e. The molecule has 4 nitrogen and oxygen atoms in total. The molecule has 1 heterocycles. The van der Waals surface area contributed by atoms with Gasteiger partial charge in [-0.2, -0.15) is 0 Å². The van der Waals surface area contributed by atoms with E-state index < -0.39 is 0 Å². The van der Waals surface area contributed by atoms with Gasteiger partial charge in [-0.15, -0.1) is 11.3 Å². The Labute approximate surface area is 181 Å². The van der Waals surface area contributed by atoms with Crippen molar-refractivity contribution in [2.24, 2.45) is 0 Å². The molecule has 0 aliphatic heterocycles. The van der Waals surface area contributed by atoms with Crippen molar-refractivity contribution in [2.45, 2.75) is 27.3 Å². The fraction of sp³-hybridized carbons (Fsp3) is 0.304. The van der Waals surface area contributed by atoms with Crippen LogP contribution < -0.4 is 4.74 Å². The summed E-state index contributed by atoms with van der Waals surface area (Å²) in [6.07, 6.45) is 0. The number of carbonyl (C=O) groups is 1. The molecule has 0 fully saturated rings. The van der Waals surface area contributed by atoms with E-state index >= 15 is 0 Å². The van der Waals surface area contributed by atoms with Crippen LogP contribution >= 0.6 is 22.9 Å². The lowest BCUT2D eigenvalue weighted by atomic mass is 10.1. The summed E-state index contributed by atoms with van der Waals surface area (Å²) >= 11 is 7.52. The highest BCUT2D eigenvalue weighted by atomic mass is 35.5. The molecule has 0 saturated carbocycles. The molecule has 0 radical (unpaired) electrons. The lowest BCUT2D eigenvalue weighted by Crippen LogP contribution is -2.29. The van der Waals surface area contributed by atoms with Crippen molar-refractivity contribution < 1.29 is 9.53 Å². The van der Waals surface area contributed by atoms with Crippen molar-refractivity contribution >= 4 is 28.7 Å². The Morgan fingerprint density at radius 3 is 2.52 bits per heavy atom. The Morgan fingerprint density at radius 2 is 1.90 bits per heavy atom. The van der Waals surface area contributed by atoms with Crippen LogP contribution in [0.2, 0.25) is 5.02 Å². The zero-order valence-corrected chi connectivity index (χ0v) is 18.7. The third kappa shape index (κ3) is 5.24. The number of ketones is 1. The predicted octanol–water partition coefficient (Wildman–Crippen LogP) is 5.79. The molecule has 29 heavy (non-hydrogen) atoms. The lowest BCUT2D eigenvalue weighted by Gasteiger charge is -2.19. The highest BCUT2D eigenvalue weighted by Crippen LogP contribution is 2.32. The number of thiazole rings is 1. The molecule has 0 N–H and O–H groups in total. The summed E-state index contributed by atoms with van der Waals surface area (Å²) in [6, 6.07) is 13.7. The molecule has 0 spiro atoms. The maximum Gasteiger partial charge on any atom is 0.188 e. The van der Waals surface area contributed by atoms with E-state index in [0.29, 0.717) is 18.1 Å². The molecular formula is C23H25ClN2O2S. The first-order valence-corrected chi connectivity index (χ1v) is 10.7. The van der Waals surface area contributed by atoms with Crippen LogP contribution in [0, 0.1) is 13.8 Å². The van der Waals surface area contributed by atoms with Crippen molar-refractivity contribution in [2.75, 3.05) is 20.2 Å². The van der Waals surface area contributed by atoms with Gasteiger partial charge in [0, 0.05) is 17.1 Å². The number of carbonyl (C=O) groups excluding carboxylic acids is 1. The largest absolute Gasteiger partial charge is 0.497 e. The summed E-state index contributed by atoms with van der Waals surface area (Å²) in [5.74, 6) is 0.936. The van der Waals surface area contributed by atoms with Gasteiger partial charge in [0.1, 0.15) is 10.8 Å². The second-order valence-electron chi connectivity index (χ2n) is 6.97. The molecule has 0 atom stereocenters. The highest BCUT2D eigenvalue weighted by Gasteiger charge is 2.19. The maximum atomic E-state index is 13.0. The van der Waals surface area contributed by atoms with Gasteiger partial charge in [0.25, 0.3) is 0 Å². The zero-order chi connectivity index (χ0) is 21.0. The average molecular weight is 429 g/mol. The van der Waals surface area contributed by atoms with E-state index in [9.17, 15) is 4.79 Å². The van der Waals surface area contributed by atoms with Crippen molar-refractivity contribution in [1.82, 2.24) is 9.88 Å². The monoisotopic (exact) mass is 428 g/mol. The number of likely N-dealkylation sites (N-methyl/N-ethyl adjacent to an activating group) is 1. The Balaban J connectivity index is 1.74. The van der Waals surface area contributed by atoms with Crippen LogP contribution in [0.25, 0.3) is 10.6 Å². The Hall–Kier alpha value is -2.21. The Morgan fingerprint density at radius 1 is 1.17 bits per heavy atom. The molecule has 3 rings (SSSR count). The Bertz CT molecular complexity index is 999. The second-order valence-corrected chi connectivity index (χ2v) is 8.40. The number of Topliss-reactive ketones (excluding diaryl/α,β-unsaturated/α-hetero) is 1. The molecule has 0 saturated heterocycles. The first kappa shape index (κ1) is 21.5. The molecule has 2 aromatic carbocycles. The van der Waals surface area contributed by atoms with Gasteiger partial charge in [-0.05, 0) is 55.8 Å². The highest BCUT2D eigenvalue weighted by molar-refractivity contribution is 7.17. The number of aryl methyl sites for hydroxylation is 2. The van der Waals surface area contributed by atoms with Crippen molar-refractivity contribution in [3.63, 3.8) is 0 Å². The van der Waals surface area contributed by atoms with Crippen LogP contribution in [-0.4, -0.2) is 35.9 Å². The fourth-order valence-corrected chi connectivity index (χ4v) is 4.49. The lowest BCUT2D eigenvalue weighted by molar-refractivity contribution is 0.0933. The van der Waals surface area contributed by atoms with Crippen LogP contribution in [0.4, 0.5) is 0 Å². The molecule has 152 valence electrons. The third-order valence-corrected chi connectivity index (χ3v) is 6.32. The first-order chi connectivity index (χ1) is 13.9. The number of hydrogen-bond acceptors (Lipinski definition) is 5. The van der Waals surface area contributed by atoms with E-state index in [1.165, 1.54) is 11.3 Å². The molecule has 0 aliphatic carbocycles.